The summed E-state index contributed by atoms with van der Waals surface area (Å²) in [6, 6.07) is 29.5. The second-order valence-corrected chi connectivity index (χ2v) is 9.45. The molecule has 32 heavy (non-hydrogen) atoms. The van der Waals surface area contributed by atoms with E-state index in [0.29, 0.717) is 12.4 Å². The second kappa shape index (κ2) is 9.28. The number of benzene rings is 4. The first-order valence-electron chi connectivity index (χ1n) is 10.2. The predicted octanol–water partition coefficient (Wildman–Crippen LogP) is 6.08. The zero-order valence-electron chi connectivity index (χ0n) is 18.0. The summed E-state index contributed by atoms with van der Waals surface area (Å²) in [6.07, 6.45) is 0. The molecule has 0 fully saturated rings. The number of hydrogen-bond acceptors (Lipinski definition) is 4. The minimum Gasteiger partial charge on any atom is -0.497 e. The van der Waals surface area contributed by atoms with Crippen molar-refractivity contribution in [3.05, 3.63) is 108 Å². The van der Waals surface area contributed by atoms with Gasteiger partial charge in [-0.3, -0.25) is 0 Å². The van der Waals surface area contributed by atoms with Crippen molar-refractivity contribution >= 4 is 9.84 Å². The molecular weight excluding hydrogens is 420 g/mol. The molecule has 162 valence electrons. The van der Waals surface area contributed by atoms with Crippen LogP contribution in [0.2, 0.25) is 0 Å². The van der Waals surface area contributed by atoms with Crippen LogP contribution < -0.4 is 9.47 Å². The highest BCUT2D eigenvalue weighted by atomic mass is 32.2. The summed E-state index contributed by atoms with van der Waals surface area (Å²) in [7, 11) is -2.03. The van der Waals surface area contributed by atoms with Crippen LogP contribution in [0.25, 0.3) is 11.1 Å². The van der Waals surface area contributed by atoms with Gasteiger partial charge in [0.15, 0.2) is 0 Å². The minimum absolute atomic E-state index is 0.232. The Labute approximate surface area is 189 Å². The van der Waals surface area contributed by atoms with Crippen LogP contribution >= 0.6 is 0 Å². The third-order valence-corrected chi connectivity index (χ3v) is 7.03. The predicted molar refractivity (Wildman–Crippen MR) is 126 cm³/mol. The molecule has 4 aromatic rings. The van der Waals surface area contributed by atoms with E-state index in [-0.39, 0.29) is 9.79 Å². The minimum atomic E-state index is -3.58. The van der Waals surface area contributed by atoms with Crippen molar-refractivity contribution in [3.63, 3.8) is 0 Å². The summed E-state index contributed by atoms with van der Waals surface area (Å²) in [6.45, 7) is 2.43. The van der Waals surface area contributed by atoms with Crippen molar-refractivity contribution in [2.24, 2.45) is 0 Å². The average Bonchev–Trinajstić information content (AvgIpc) is 2.84. The normalized spacial score (nSPS) is 11.2. The summed E-state index contributed by atoms with van der Waals surface area (Å²) in [5.74, 6) is 1.37. The van der Waals surface area contributed by atoms with Crippen LogP contribution in [-0.4, -0.2) is 15.5 Å². The van der Waals surface area contributed by atoms with E-state index in [0.717, 1.165) is 22.4 Å². The Balaban J connectivity index is 1.41. The summed E-state index contributed by atoms with van der Waals surface area (Å²) in [4.78, 5) is 0.477. The van der Waals surface area contributed by atoms with Gasteiger partial charge in [0.1, 0.15) is 18.1 Å². The van der Waals surface area contributed by atoms with Crippen LogP contribution in [-0.2, 0) is 16.4 Å². The molecule has 0 unspecified atom stereocenters. The number of sulfone groups is 1. The van der Waals surface area contributed by atoms with E-state index in [1.54, 1.807) is 55.6 Å². The Morgan fingerprint density at radius 1 is 0.625 bits per heavy atom. The van der Waals surface area contributed by atoms with E-state index in [9.17, 15) is 8.42 Å². The molecule has 4 rings (SSSR count). The van der Waals surface area contributed by atoms with Gasteiger partial charge < -0.3 is 9.47 Å². The molecule has 4 aromatic carbocycles. The maximum atomic E-state index is 12.8. The van der Waals surface area contributed by atoms with Gasteiger partial charge in [0.2, 0.25) is 9.84 Å². The lowest BCUT2D eigenvalue weighted by atomic mass is 10.0. The summed E-state index contributed by atoms with van der Waals surface area (Å²) < 4.78 is 36.6. The molecule has 0 saturated heterocycles. The van der Waals surface area contributed by atoms with Crippen LogP contribution in [0.15, 0.2) is 107 Å². The topological polar surface area (TPSA) is 52.6 Å². The third-order valence-electron chi connectivity index (χ3n) is 5.25. The van der Waals surface area contributed by atoms with Gasteiger partial charge in [-0.25, -0.2) is 8.42 Å². The number of rotatable bonds is 7. The first-order valence-corrected chi connectivity index (χ1v) is 11.7. The van der Waals surface area contributed by atoms with Crippen LogP contribution in [0.3, 0.4) is 0 Å². The monoisotopic (exact) mass is 444 g/mol. The Bertz CT molecular complexity index is 1270. The fraction of sp³-hybridized carbons (Fsp3) is 0.111. The zero-order valence-corrected chi connectivity index (χ0v) is 18.8. The van der Waals surface area contributed by atoms with Crippen LogP contribution in [0, 0.1) is 6.92 Å². The van der Waals surface area contributed by atoms with Gasteiger partial charge in [-0.1, -0.05) is 54.1 Å². The smallest absolute Gasteiger partial charge is 0.206 e. The fourth-order valence-electron chi connectivity index (χ4n) is 3.31. The van der Waals surface area contributed by atoms with Crippen molar-refractivity contribution in [3.8, 4) is 22.6 Å². The van der Waals surface area contributed by atoms with Crippen molar-refractivity contribution in [1.82, 2.24) is 0 Å². The van der Waals surface area contributed by atoms with E-state index in [2.05, 4.69) is 31.2 Å². The highest BCUT2D eigenvalue weighted by molar-refractivity contribution is 7.91. The van der Waals surface area contributed by atoms with Gasteiger partial charge in [0, 0.05) is 0 Å². The van der Waals surface area contributed by atoms with Crippen molar-refractivity contribution in [2.45, 2.75) is 23.3 Å². The number of methoxy groups -OCH3 is 1. The largest absolute Gasteiger partial charge is 0.497 e. The molecule has 0 spiro atoms. The van der Waals surface area contributed by atoms with Gasteiger partial charge in [-0.05, 0) is 72.1 Å². The maximum Gasteiger partial charge on any atom is 0.206 e. The van der Waals surface area contributed by atoms with Crippen LogP contribution in [0.4, 0.5) is 0 Å². The molecule has 0 heterocycles. The molecule has 5 heteroatoms. The molecule has 0 radical (unpaired) electrons. The molecule has 0 aliphatic rings. The summed E-state index contributed by atoms with van der Waals surface area (Å²) >= 11 is 0. The molecule has 0 N–H and O–H groups in total. The van der Waals surface area contributed by atoms with Gasteiger partial charge in [-0.2, -0.15) is 0 Å². The lowest BCUT2D eigenvalue weighted by Crippen LogP contribution is -2.03. The van der Waals surface area contributed by atoms with Crippen molar-refractivity contribution in [1.29, 1.82) is 0 Å². The molecule has 0 amide bonds. The lowest BCUT2D eigenvalue weighted by Gasteiger charge is -2.09. The highest BCUT2D eigenvalue weighted by Crippen LogP contribution is 2.25. The molecule has 0 aliphatic carbocycles. The van der Waals surface area contributed by atoms with E-state index in [1.165, 1.54) is 5.56 Å². The van der Waals surface area contributed by atoms with E-state index in [4.69, 9.17) is 9.47 Å². The number of hydrogen-bond donors (Lipinski definition) is 0. The molecule has 0 saturated carbocycles. The Hall–Kier alpha value is -3.57. The first-order chi connectivity index (χ1) is 15.5. The van der Waals surface area contributed by atoms with Crippen LogP contribution in [0.1, 0.15) is 11.1 Å². The quantitative estimate of drug-likeness (QED) is 0.346. The van der Waals surface area contributed by atoms with Gasteiger partial charge in [0.05, 0.1) is 16.9 Å². The maximum absolute atomic E-state index is 12.8. The summed E-state index contributed by atoms with van der Waals surface area (Å²) in [5.41, 5.74) is 4.42. The molecule has 0 aliphatic heterocycles. The average molecular weight is 445 g/mol. The Morgan fingerprint density at radius 2 is 1.09 bits per heavy atom. The zero-order chi connectivity index (χ0) is 22.6. The van der Waals surface area contributed by atoms with E-state index < -0.39 is 9.84 Å². The third kappa shape index (κ3) is 4.84. The number of aryl methyl sites for hydroxylation is 1. The molecule has 4 nitrogen and oxygen atoms in total. The molecule has 0 atom stereocenters. The SMILES string of the molecule is COc1ccc(S(=O)(=O)c2ccc(COc3ccc(-c4ccc(C)cc4)cc3)cc2)cc1. The van der Waals surface area contributed by atoms with Crippen molar-refractivity contribution in [2.75, 3.05) is 7.11 Å². The molecular formula is C27H24O4S. The first kappa shape index (κ1) is 21.7. The standard InChI is InChI=1S/C27H24O4S/c1-20-3-7-22(8-4-20)23-9-11-25(12-10-23)31-19-21-5-15-26(16-6-21)32(28,29)27-17-13-24(30-2)14-18-27/h3-18H,19H2,1-2H3. The lowest BCUT2D eigenvalue weighted by molar-refractivity contribution is 0.306. The second-order valence-electron chi connectivity index (χ2n) is 7.50. The molecule has 0 bridgehead atoms. The highest BCUT2D eigenvalue weighted by Gasteiger charge is 2.17. The number of ether oxygens (including phenoxy) is 2. The Kier molecular flexibility index (Phi) is 6.28. The van der Waals surface area contributed by atoms with Crippen LogP contribution in [0.5, 0.6) is 11.5 Å². The van der Waals surface area contributed by atoms with E-state index >= 15 is 0 Å². The van der Waals surface area contributed by atoms with E-state index in [1.807, 2.05) is 24.3 Å². The van der Waals surface area contributed by atoms with Gasteiger partial charge in [0.25, 0.3) is 0 Å². The van der Waals surface area contributed by atoms with Crippen molar-refractivity contribution < 1.29 is 17.9 Å². The fourth-order valence-corrected chi connectivity index (χ4v) is 4.57. The Morgan fingerprint density at radius 3 is 1.62 bits per heavy atom. The summed E-state index contributed by atoms with van der Waals surface area (Å²) in [5, 5.41) is 0. The van der Waals surface area contributed by atoms with Gasteiger partial charge >= 0.3 is 0 Å². The van der Waals surface area contributed by atoms with Gasteiger partial charge in [-0.15, -0.1) is 0 Å². The molecule has 0 aromatic heterocycles.